The highest BCUT2D eigenvalue weighted by Crippen LogP contribution is 2.25. The standard InChI is InChI=1S/C8H6N6O4/c15-13(16)6-2-1-5(7(4-6)14(17)18)3-8-9-11-12-10-8/h1-2,4H,3H2,(H,9,10,11,12). The van der Waals surface area contributed by atoms with Crippen LogP contribution in [0.5, 0.6) is 0 Å². The van der Waals surface area contributed by atoms with E-state index in [-0.39, 0.29) is 29.2 Å². The maximum atomic E-state index is 10.8. The number of nitro benzene ring substituents is 2. The van der Waals surface area contributed by atoms with Crippen LogP contribution < -0.4 is 0 Å². The lowest BCUT2D eigenvalue weighted by Crippen LogP contribution is -2.00. The third-order valence-electron chi connectivity index (χ3n) is 2.21. The van der Waals surface area contributed by atoms with Crippen molar-refractivity contribution >= 4 is 11.4 Å². The monoisotopic (exact) mass is 250 g/mol. The molecule has 1 aromatic heterocycles. The van der Waals surface area contributed by atoms with E-state index in [1.54, 1.807) is 0 Å². The lowest BCUT2D eigenvalue weighted by atomic mass is 10.1. The molecule has 1 aromatic carbocycles. The Morgan fingerprint density at radius 1 is 1.22 bits per heavy atom. The molecule has 18 heavy (non-hydrogen) atoms. The smallest absolute Gasteiger partial charge is 0.258 e. The van der Waals surface area contributed by atoms with E-state index in [0.29, 0.717) is 0 Å². The van der Waals surface area contributed by atoms with Crippen LogP contribution >= 0.6 is 0 Å². The molecule has 0 aliphatic carbocycles. The van der Waals surface area contributed by atoms with Crippen LogP contribution in [0.1, 0.15) is 11.4 Å². The van der Waals surface area contributed by atoms with E-state index in [2.05, 4.69) is 20.6 Å². The topological polar surface area (TPSA) is 141 Å². The zero-order valence-corrected chi connectivity index (χ0v) is 8.81. The number of aromatic nitrogens is 4. The molecule has 0 radical (unpaired) electrons. The molecule has 2 aromatic rings. The van der Waals surface area contributed by atoms with Gasteiger partial charge in [-0.3, -0.25) is 20.2 Å². The first-order valence-electron chi connectivity index (χ1n) is 4.72. The molecule has 0 amide bonds. The van der Waals surface area contributed by atoms with Crippen molar-refractivity contribution in [2.45, 2.75) is 6.42 Å². The Hall–Kier alpha value is -2.91. The Bertz CT molecular complexity index is 596. The van der Waals surface area contributed by atoms with Crippen LogP contribution in [-0.2, 0) is 6.42 Å². The van der Waals surface area contributed by atoms with Gasteiger partial charge in [0.15, 0.2) is 5.82 Å². The van der Waals surface area contributed by atoms with E-state index in [0.717, 1.165) is 6.07 Å². The minimum atomic E-state index is -0.689. The molecule has 10 heteroatoms. The van der Waals surface area contributed by atoms with Crippen LogP contribution in [0.3, 0.4) is 0 Å². The minimum Gasteiger partial charge on any atom is -0.258 e. The van der Waals surface area contributed by atoms with E-state index >= 15 is 0 Å². The Labute approximate surface area is 98.9 Å². The van der Waals surface area contributed by atoms with Gasteiger partial charge in [-0.25, -0.2) is 0 Å². The van der Waals surface area contributed by atoms with Crippen LogP contribution in [0.2, 0.25) is 0 Å². The molecule has 0 aliphatic heterocycles. The lowest BCUT2D eigenvalue weighted by Gasteiger charge is -1.99. The van der Waals surface area contributed by atoms with Gasteiger partial charge < -0.3 is 0 Å². The molecule has 2 rings (SSSR count). The average molecular weight is 250 g/mol. The van der Waals surface area contributed by atoms with Gasteiger partial charge in [0, 0.05) is 18.1 Å². The van der Waals surface area contributed by atoms with Crippen molar-refractivity contribution in [3.05, 3.63) is 49.8 Å². The van der Waals surface area contributed by atoms with Crippen LogP contribution in [0, 0.1) is 20.2 Å². The largest absolute Gasteiger partial charge is 0.279 e. The molecule has 0 bridgehead atoms. The number of hydrogen-bond donors (Lipinski definition) is 1. The summed E-state index contributed by atoms with van der Waals surface area (Å²) in [4.78, 5) is 20.0. The second kappa shape index (κ2) is 4.53. The van der Waals surface area contributed by atoms with Crippen molar-refractivity contribution in [2.24, 2.45) is 0 Å². The summed E-state index contributed by atoms with van der Waals surface area (Å²) in [6.07, 6.45) is 0.0742. The zero-order valence-electron chi connectivity index (χ0n) is 8.81. The predicted octanol–water partition coefficient (Wildman–Crippen LogP) is 0.607. The normalized spacial score (nSPS) is 10.2. The van der Waals surface area contributed by atoms with Gasteiger partial charge in [-0.05, 0) is 6.07 Å². The third-order valence-corrected chi connectivity index (χ3v) is 2.21. The highest BCUT2D eigenvalue weighted by atomic mass is 16.6. The van der Waals surface area contributed by atoms with Crippen molar-refractivity contribution in [2.75, 3.05) is 0 Å². The fourth-order valence-electron chi connectivity index (χ4n) is 1.41. The maximum Gasteiger partial charge on any atom is 0.279 e. The maximum absolute atomic E-state index is 10.8. The first-order chi connectivity index (χ1) is 8.58. The summed E-state index contributed by atoms with van der Waals surface area (Å²) in [5, 5.41) is 34.3. The molecule has 0 saturated carbocycles. The quantitative estimate of drug-likeness (QED) is 0.618. The Morgan fingerprint density at radius 3 is 2.56 bits per heavy atom. The highest BCUT2D eigenvalue weighted by Gasteiger charge is 2.20. The van der Waals surface area contributed by atoms with Gasteiger partial charge >= 0.3 is 0 Å². The number of nitro groups is 2. The Kier molecular flexibility index (Phi) is 2.91. The molecule has 1 heterocycles. The molecule has 92 valence electrons. The first-order valence-corrected chi connectivity index (χ1v) is 4.72. The Morgan fingerprint density at radius 2 is 2.00 bits per heavy atom. The van der Waals surface area contributed by atoms with Crippen molar-refractivity contribution in [1.29, 1.82) is 0 Å². The predicted molar refractivity (Wildman–Crippen MR) is 56.7 cm³/mol. The fraction of sp³-hybridized carbons (Fsp3) is 0.125. The molecule has 10 nitrogen and oxygen atoms in total. The fourth-order valence-corrected chi connectivity index (χ4v) is 1.41. The summed E-state index contributed by atoms with van der Waals surface area (Å²) < 4.78 is 0. The molecular weight excluding hydrogens is 244 g/mol. The number of non-ortho nitro benzene ring substituents is 1. The highest BCUT2D eigenvalue weighted by molar-refractivity contribution is 5.49. The molecule has 0 spiro atoms. The van der Waals surface area contributed by atoms with E-state index in [1.165, 1.54) is 12.1 Å². The van der Waals surface area contributed by atoms with Gasteiger partial charge in [0.2, 0.25) is 0 Å². The van der Waals surface area contributed by atoms with Gasteiger partial charge in [-0.2, -0.15) is 5.21 Å². The van der Waals surface area contributed by atoms with E-state index in [4.69, 9.17) is 0 Å². The van der Waals surface area contributed by atoms with Crippen molar-refractivity contribution in [3.63, 3.8) is 0 Å². The Balaban J connectivity index is 2.40. The van der Waals surface area contributed by atoms with Gasteiger partial charge in [0.1, 0.15) is 0 Å². The summed E-state index contributed by atoms with van der Waals surface area (Å²) >= 11 is 0. The zero-order chi connectivity index (χ0) is 13.1. The summed E-state index contributed by atoms with van der Waals surface area (Å²) in [5.41, 5.74) is -0.389. The van der Waals surface area contributed by atoms with Crippen LogP contribution in [-0.4, -0.2) is 30.5 Å². The molecule has 0 aliphatic rings. The molecular formula is C8H6N6O4. The number of benzene rings is 1. The summed E-state index contributed by atoms with van der Waals surface area (Å²) in [5.74, 6) is 0.270. The van der Waals surface area contributed by atoms with Crippen LogP contribution in [0.15, 0.2) is 18.2 Å². The van der Waals surface area contributed by atoms with Crippen LogP contribution in [0.25, 0.3) is 0 Å². The number of H-pyrrole nitrogens is 1. The molecule has 0 atom stereocenters. The molecule has 0 fully saturated rings. The van der Waals surface area contributed by atoms with Crippen molar-refractivity contribution < 1.29 is 9.85 Å². The second-order valence-corrected chi connectivity index (χ2v) is 3.33. The van der Waals surface area contributed by atoms with Crippen molar-refractivity contribution in [3.8, 4) is 0 Å². The number of nitrogens with one attached hydrogen (secondary N) is 1. The van der Waals surface area contributed by atoms with Gasteiger partial charge in [0.25, 0.3) is 11.4 Å². The summed E-state index contributed by atoms with van der Waals surface area (Å²) in [7, 11) is 0. The SMILES string of the molecule is O=[N+]([O-])c1ccc(Cc2nn[nH]n2)c([N+](=O)[O-])c1. The molecule has 0 saturated heterocycles. The lowest BCUT2D eigenvalue weighted by molar-refractivity contribution is -0.394. The summed E-state index contributed by atoms with van der Waals surface area (Å²) in [6.45, 7) is 0. The van der Waals surface area contributed by atoms with E-state index < -0.39 is 9.85 Å². The van der Waals surface area contributed by atoms with E-state index in [1.807, 2.05) is 0 Å². The third kappa shape index (κ3) is 2.26. The number of tetrazole rings is 1. The summed E-state index contributed by atoms with van der Waals surface area (Å²) in [6, 6.07) is 3.42. The average Bonchev–Trinajstić information content (AvgIpc) is 2.81. The number of rotatable bonds is 4. The number of hydrogen-bond acceptors (Lipinski definition) is 7. The van der Waals surface area contributed by atoms with Crippen LogP contribution in [0.4, 0.5) is 11.4 Å². The van der Waals surface area contributed by atoms with E-state index in [9.17, 15) is 20.2 Å². The molecule has 1 N–H and O–H groups in total. The minimum absolute atomic E-state index is 0.0742. The second-order valence-electron chi connectivity index (χ2n) is 3.33. The number of aromatic amines is 1. The van der Waals surface area contributed by atoms with Crippen molar-refractivity contribution in [1.82, 2.24) is 20.6 Å². The molecule has 0 unspecified atom stereocenters. The first kappa shape index (κ1) is 11.6. The van der Waals surface area contributed by atoms with Gasteiger partial charge in [-0.1, -0.05) is 5.21 Å². The van der Waals surface area contributed by atoms with Gasteiger partial charge in [-0.15, -0.1) is 10.2 Å². The van der Waals surface area contributed by atoms with Gasteiger partial charge in [0.05, 0.1) is 15.9 Å². The number of nitrogens with zero attached hydrogens (tertiary/aromatic N) is 5.